The lowest BCUT2D eigenvalue weighted by atomic mass is 10.1. The number of carbonyl (C=O) groups excluding carboxylic acids is 1. The van der Waals surface area contributed by atoms with Gasteiger partial charge in [0.15, 0.2) is 0 Å². The van der Waals surface area contributed by atoms with E-state index < -0.39 is 0 Å². The number of carbonyl (C=O) groups is 1. The second kappa shape index (κ2) is 12.4. The number of nitrogens with zero attached hydrogens (tertiary/aromatic N) is 3. The maximum Gasteiger partial charge on any atom is 0.221 e. The summed E-state index contributed by atoms with van der Waals surface area (Å²) in [6, 6.07) is 7.98. The number of rotatable bonds is 13. The standard InChI is InChI=1S/C22H34N4O2S/c1-5-6-13-26(14-11-21(27)23-12-10-17(2)3)22-24-20(25-29-22)16-18-8-7-9-19(15-18)28-4/h7-9,15,17H,5-6,10-14,16H2,1-4H3,(H,23,27). The van der Waals surface area contributed by atoms with Crippen LogP contribution in [0.15, 0.2) is 24.3 Å². The third-order valence-electron chi connectivity index (χ3n) is 4.66. The molecule has 0 atom stereocenters. The Kier molecular flexibility index (Phi) is 9.91. The second-order valence-corrected chi connectivity index (χ2v) is 8.37. The van der Waals surface area contributed by atoms with Crippen LogP contribution >= 0.6 is 11.5 Å². The molecule has 0 unspecified atom stereocenters. The van der Waals surface area contributed by atoms with Gasteiger partial charge in [-0.3, -0.25) is 4.79 Å². The minimum absolute atomic E-state index is 0.105. The molecule has 0 radical (unpaired) electrons. The number of amides is 1. The number of hydrogen-bond donors (Lipinski definition) is 1. The number of unbranched alkanes of at least 4 members (excludes halogenated alkanes) is 1. The van der Waals surface area contributed by atoms with Gasteiger partial charge in [-0.15, -0.1) is 0 Å². The third kappa shape index (κ3) is 8.40. The predicted octanol–water partition coefficient (Wildman–Crippen LogP) is 4.30. The van der Waals surface area contributed by atoms with E-state index in [2.05, 4.69) is 41.4 Å². The molecule has 0 saturated carbocycles. The monoisotopic (exact) mass is 418 g/mol. The fourth-order valence-corrected chi connectivity index (χ4v) is 3.62. The highest BCUT2D eigenvalue weighted by Crippen LogP contribution is 2.21. The van der Waals surface area contributed by atoms with Gasteiger partial charge in [-0.25, -0.2) is 4.98 Å². The van der Waals surface area contributed by atoms with Gasteiger partial charge >= 0.3 is 0 Å². The molecular weight excluding hydrogens is 384 g/mol. The predicted molar refractivity (Wildman–Crippen MR) is 120 cm³/mol. The van der Waals surface area contributed by atoms with E-state index in [0.717, 1.165) is 54.6 Å². The van der Waals surface area contributed by atoms with Crippen LogP contribution in [0.5, 0.6) is 5.75 Å². The zero-order valence-corrected chi connectivity index (χ0v) is 18.9. The zero-order chi connectivity index (χ0) is 21.1. The number of benzene rings is 1. The Hall–Kier alpha value is -2.15. The summed E-state index contributed by atoms with van der Waals surface area (Å²) in [6.07, 6.45) is 4.33. The van der Waals surface area contributed by atoms with Gasteiger partial charge < -0.3 is 15.0 Å². The van der Waals surface area contributed by atoms with Crippen LogP contribution in [0.2, 0.25) is 0 Å². The quantitative estimate of drug-likeness (QED) is 0.525. The maximum atomic E-state index is 12.2. The first-order valence-corrected chi connectivity index (χ1v) is 11.3. The number of hydrogen-bond acceptors (Lipinski definition) is 6. The molecule has 6 nitrogen and oxygen atoms in total. The summed E-state index contributed by atoms with van der Waals surface area (Å²) >= 11 is 1.41. The average molecular weight is 419 g/mol. The Morgan fingerprint density at radius 2 is 2.14 bits per heavy atom. The Morgan fingerprint density at radius 3 is 2.86 bits per heavy atom. The Balaban J connectivity index is 1.94. The molecule has 0 bridgehead atoms. The van der Waals surface area contributed by atoms with Gasteiger partial charge in [0.1, 0.15) is 11.6 Å². The minimum atomic E-state index is 0.105. The van der Waals surface area contributed by atoms with E-state index in [1.54, 1.807) is 7.11 Å². The van der Waals surface area contributed by atoms with Gasteiger partial charge in [-0.05, 0) is 36.5 Å². The van der Waals surface area contributed by atoms with Gasteiger partial charge in [0.25, 0.3) is 0 Å². The van der Waals surface area contributed by atoms with E-state index in [9.17, 15) is 4.79 Å². The summed E-state index contributed by atoms with van der Waals surface area (Å²) in [7, 11) is 1.67. The molecule has 0 aliphatic carbocycles. The van der Waals surface area contributed by atoms with Crippen LogP contribution in [0, 0.1) is 5.92 Å². The van der Waals surface area contributed by atoms with Crippen molar-refractivity contribution in [2.45, 2.75) is 52.9 Å². The molecule has 0 aliphatic heterocycles. The number of anilines is 1. The van der Waals surface area contributed by atoms with Gasteiger partial charge in [0, 0.05) is 44.0 Å². The van der Waals surface area contributed by atoms with Crippen molar-refractivity contribution in [3.8, 4) is 5.75 Å². The molecule has 1 N–H and O–H groups in total. The van der Waals surface area contributed by atoms with Crippen molar-refractivity contribution in [1.29, 1.82) is 0 Å². The molecule has 0 spiro atoms. The first-order valence-electron chi connectivity index (χ1n) is 10.5. The first kappa shape index (κ1) is 23.1. The lowest BCUT2D eigenvalue weighted by molar-refractivity contribution is -0.120. The topological polar surface area (TPSA) is 67.4 Å². The molecule has 1 aromatic heterocycles. The summed E-state index contributed by atoms with van der Waals surface area (Å²) in [5.74, 6) is 2.35. The summed E-state index contributed by atoms with van der Waals surface area (Å²) in [5, 5.41) is 3.91. The van der Waals surface area contributed by atoms with E-state index in [1.807, 2.05) is 18.2 Å². The highest BCUT2D eigenvalue weighted by atomic mass is 32.1. The number of nitrogens with one attached hydrogen (secondary N) is 1. The average Bonchev–Trinajstić information content (AvgIpc) is 3.16. The Bertz CT molecular complexity index is 748. The Labute approximate surface area is 178 Å². The van der Waals surface area contributed by atoms with E-state index >= 15 is 0 Å². The van der Waals surface area contributed by atoms with Crippen LogP contribution in [0.25, 0.3) is 0 Å². The van der Waals surface area contributed by atoms with Crippen molar-refractivity contribution in [3.63, 3.8) is 0 Å². The van der Waals surface area contributed by atoms with Crippen molar-refractivity contribution in [2.24, 2.45) is 5.92 Å². The molecule has 0 saturated heterocycles. The lowest BCUT2D eigenvalue weighted by Gasteiger charge is -2.21. The van der Waals surface area contributed by atoms with Crippen molar-refractivity contribution in [2.75, 3.05) is 31.6 Å². The fourth-order valence-electron chi connectivity index (χ4n) is 2.89. The summed E-state index contributed by atoms with van der Waals surface area (Å²) in [6.45, 7) is 8.80. The van der Waals surface area contributed by atoms with Crippen LogP contribution in [0.4, 0.5) is 5.13 Å². The largest absolute Gasteiger partial charge is 0.497 e. The minimum Gasteiger partial charge on any atom is -0.497 e. The summed E-state index contributed by atoms with van der Waals surface area (Å²) in [5.41, 5.74) is 1.12. The molecule has 2 aromatic rings. The van der Waals surface area contributed by atoms with Gasteiger partial charge in [0.2, 0.25) is 11.0 Å². The highest BCUT2D eigenvalue weighted by Gasteiger charge is 2.14. The third-order valence-corrected chi connectivity index (χ3v) is 5.47. The molecule has 2 rings (SSSR count). The SMILES string of the molecule is CCCCN(CCC(=O)NCCC(C)C)c1nc(Cc2cccc(OC)c2)ns1. The maximum absolute atomic E-state index is 12.2. The number of ether oxygens (including phenoxy) is 1. The summed E-state index contributed by atoms with van der Waals surface area (Å²) < 4.78 is 9.83. The molecule has 1 heterocycles. The van der Waals surface area contributed by atoms with Crippen LogP contribution in [-0.4, -0.2) is 42.0 Å². The zero-order valence-electron chi connectivity index (χ0n) is 18.1. The van der Waals surface area contributed by atoms with E-state index in [-0.39, 0.29) is 5.91 Å². The van der Waals surface area contributed by atoms with Gasteiger partial charge in [-0.1, -0.05) is 39.3 Å². The molecule has 0 fully saturated rings. The normalized spacial score (nSPS) is 10.9. The van der Waals surface area contributed by atoms with Crippen molar-refractivity contribution in [3.05, 3.63) is 35.7 Å². The van der Waals surface area contributed by atoms with Gasteiger partial charge in [0.05, 0.1) is 7.11 Å². The van der Waals surface area contributed by atoms with E-state index in [4.69, 9.17) is 9.72 Å². The molecule has 7 heteroatoms. The molecule has 0 aliphatic rings. The van der Waals surface area contributed by atoms with Crippen LogP contribution in [0.3, 0.4) is 0 Å². The molecule has 1 aromatic carbocycles. The summed E-state index contributed by atoms with van der Waals surface area (Å²) in [4.78, 5) is 19.1. The molecular formula is C22H34N4O2S. The lowest BCUT2D eigenvalue weighted by Crippen LogP contribution is -2.32. The van der Waals surface area contributed by atoms with Crippen molar-refractivity contribution in [1.82, 2.24) is 14.7 Å². The van der Waals surface area contributed by atoms with E-state index in [1.165, 1.54) is 11.5 Å². The molecule has 1 amide bonds. The number of aromatic nitrogens is 2. The highest BCUT2D eigenvalue weighted by molar-refractivity contribution is 7.09. The van der Waals surface area contributed by atoms with Crippen LogP contribution in [-0.2, 0) is 11.2 Å². The van der Waals surface area contributed by atoms with Crippen molar-refractivity contribution >= 4 is 22.6 Å². The number of methoxy groups -OCH3 is 1. The Morgan fingerprint density at radius 1 is 1.31 bits per heavy atom. The van der Waals surface area contributed by atoms with Crippen LogP contribution < -0.4 is 15.0 Å². The smallest absolute Gasteiger partial charge is 0.221 e. The van der Waals surface area contributed by atoms with E-state index in [0.29, 0.717) is 25.3 Å². The molecule has 160 valence electrons. The van der Waals surface area contributed by atoms with Crippen molar-refractivity contribution < 1.29 is 9.53 Å². The van der Waals surface area contributed by atoms with Gasteiger partial charge in [-0.2, -0.15) is 4.37 Å². The second-order valence-electron chi connectivity index (χ2n) is 7.64. The molecule has 29 heavy (non-hydrogen) atoms. The first-order chi connectivity index (χ1) is 14.0. The fraction of sp³-hybridized carbons (Fsp3) is 0.591. The van der Waals surface area contributed by atoms with Crippen LogP contribution in [0.1, 0.15) is 57.8 Å².